The first-order valence-corrected chi connectivity index (χ1v) is 5.01. The van der Waals surface area contributed by atoms with Gasteiger partial charge in [-0.15, -0.1) is 0 Å². The van der Waals surface area contributed by atoms with Crippen molar-refractivity contribution in [3.63, 3.8) is 0 Å². The Morgan fingerprint density at radius 1 is 1.86 bits per heavy atom. The third-order valence-corrected chi connectivity index (χ3v) is 3.63. The van der Waals surface area contributed by atoms with Gasteiger partial charge in [0.05, 0.1) is 0 Å². The van der Waals surface area contributed by atoms with Gasteiger partial charge in [-0.1, -0.05) is 20.3 Å². The van der Waals surface area contributed by atoms with Crippen LogP contribution in [0.4, 0.5) is 0 Å². The SMILES string of the molecule is CCC(C)[SiH2]O[SiH3]. The Labute approximate surface area is 50.9 Å². The third-order valence-electron chi connectivity index (χ3n) is 1.15. The van der Waals surface area contributed by atoms with Crippen LogP contribution in [0.1, 0.15) is 20.3 Å². The van der Waals surface area contributed by atoms with E-state index in [0.717, 1.165) is 16.0 Å². The van der Waals surface area contributed by atoms with E-state index in [4.69, 9.17) is 4.12 Å². The van der Waals surface area contributed by atoms with Crippen LogP contribution in [-0.2, 0) is 4.12 Å². The summed E-state index contributed by atoms with van der Waals surface area (Å²) in [6, 6.07) is 0. The second kappa shape index (κ2) is 4.55. The van der Waals surface area contributed by atoms with Gasteiger partial charge in [0.25, 0.3) is 0 Å². The molecule has 0 rings (SSSR count). The first-order valence-electron chi connectivity index (χ1n) is 2.80. The normalized spacial score (nSPS) is 16.3. The van der Waals surface area contributed by atoms with Gasteiger partial charge in [-0.2, -0.15) is 0 Å². The molecule has 0 saturated heterocycles. The minimum Gasteiger partial charge on any atom is -0.468 e. The van der Waals surface area contributed by atoms with Crippen molar-refractivity contribution in [1.29, 1.82) is 0 Å². The molecule has 0 radical (unpaired) electrons. The van der Waals surface area contributed by atoms with E-state index in [1.54, 1.807) is 0 Å². The molecule has 3 heteroatoms. The van der Waals surface area contributed by atoms with E-state index in [9.17, 15) is 0 Å². The highest BCUT2D eigenvalue weighted by Gasteiger charge is 1.94. The monoisotopic (exact) mass is 134 g/mol. The van der Waals surface area contributed by atoms with E-state index in [2.05, 4.69) is 13.8 Å². The molecule has 0 spiro atoms. The van der Waals surface area contributed by atoms with Gasteiger partial charge in [-0.25, -0.2) is 0 Å². The minimum atomic E-state index is -0.0922. The predicted molar refractivity (Wildman–Crippen MR) is 39.3 cm³/mol. The lowest BCUT2D eigenvalue weighted by atomic mass is 10.4. The molecule has 7 heavy (non-hydrogen) atoms. The average molecular weight is 134 g/mol. The number of hydrogen-bond acceptors (Lipinski definition) is 1. The Kier molecular flexibility index (Phi) is 4.81. The molecule has 0 aromatic rings. The Morgan fingerprint density at radius 3 is 2.57 bits per heavy atom. The maximum atomic E-state index is 5.17. The van der Waals surface area contributed by atoms with Crippen molar-refractivity contribution in [2.45, 2.75) is 25.8 Å². The molecule has 44 valence electrons. The van der Waals surface area contributed by atoms with Crippen LogP contribution >= 0.6 is 0 Å². The zero-order valence-electron chi connectivity index (χ0n) is 5.40. The van der Waals surface area contributed by atoms with Crippen molar-refractivity contribution < 1.29 is 4.12 Å². The fourth-order valence-corrected chi connectivity index (χ4v) is 2.91. The van der Waals surface area contributed by atoms with E-state index >= 15 is 0 Å². The zero-order chi connectivity index (χ0) is 5.70. The van der Waals surface area contributed by atoms with Crippen molar-refractivity contribution in [2.75, 3.05) is 0 Å². The summed E-state index contributed by atoms with van der Waals surface area (Å²) < 4.78 is 5.17. The van der Waals surface area contributed by atoms with E-state index in [1.807, 2.05) is 0 Å². The van der Waals surface area contributed by atoms with E-state index < -0.39 is 0 Å². The standard InChI is InChI=1S/C4H14OSi2/c1-3-4(2)7-5-6/h4H,3,7H2,1-2,6H3. The summed E-state index contributed by atoms with van der Waals surface area (Å²) in [4.78, 5) is 0. The summed E-state index contributed by atoms with van der Waals surface area (Å²) in [6.07, 6.45) is 1.30. The van der Waals surface area contributed by atoms with Crippen LogP contribution in [0.3, 0.4) is 0 Å². The smallest absolute Gasteiger partial charge is 0.148 e. The molecule has 1 atom stereocenters. The predicted octanol–water partition coefficient (Wildman–Crippen LogP) is -0.414. The highest BCUT2D eigenvalue weighted by atomic mass is 28.3. The van der Waals surface area contributed by atoms with Crippen LogP contribution in [-0.4, -0.2) is 20.2 Å². The Morgan fingerprint density at radius 2 is 2.43 bits per heavy atom. The van der Waals surface area contributed by atoms with Crippen LogP contribution in [0.2, 0.25) is 5.54 Å². The highest BCUT2D eigenvalue weighted by Crippen LogP contribution is 2.03. The second-order valence-corrected chi connectivity index (χ2v) is 6.01. The molecule has 0 amide bonds. The molecule has 0 heterocycles. The van der Waals surface area contributed by atoms with Crippen LogP contribution in [0.25, 0.3) is 0 Å². The molecule has 0 aliphatic rings. The van der Waals surface area contributed by atoms with Gasteiger partial charge in [0.2, 0.25) is 0 Å². The topological polar surface area (TPSA) is 9.23 Å². The Bertz CT molecular complexity index is 40.7. The fourth-order valence-electron chi connectivity index (χ4n) is 0.402. The van der Waals surface area contributed by atoms with Crippen LogP contribution in [0.5, 0.6) is 0 Å². The highest BCUT2D eigenvalue weighted by molar-refractivity contribution is 6.35. The number of rotatable bonds is 3. The lowest BCUT2D eigenvalue weighted by Gasteiger charge is -2.02. The van der Waals surface area contributed by atoms with Crippen molar-refractivity contribution in [2.24, 2.45) is 0 Å². The van der Waals surface area contributed by atoms with Crippen LogP contribution in [0.15, 0.2) is 0 Å². The molecule has 0 aliphatic heterocycles. The van der Waals surface area contributed by atoms with Gasteiger partial charge in [0.15, 0.2) is 0 Å². The molecule has 0 fully saturated rings. The summed E-state index contributed by atoms with van der Waals surface area (Å²) >= 11 is 0. The average Bonchev–Trinajstić information content (AvgIpc) is 1.68. The summed E-state index contributed by atoms with van der Waals surface area (Å²) in [7, 11) is 0.861. The summed E-state index contributed by atoms with van der Waals surface area (Å²) in [5.41, 5.74) is 0.900. The quantitative estimate of drug-likeness (QED) is 0.477. The van der Waals surface area contributed by atoms with Crippen LogP contribution in [0, 0.1) is 0 Å². The molecule has 0 N–H and O–H groups in total. The van der Waals surface area contributed by atoms with Gasteiger partial charge in [0, 0.05) is 0 Å². The first-order chi connectivity index (χ1) is 3.31. The van der Waals surface area contributed by atoms with Crippen molar-refractivity contribution in [3.05, 3.63) is 0 Å². The minimum absolute atomic E-state index is 0.0922. The lowest BCUT2D eigenvalue weighted by molar-refractivity contribution is 0.630. The lowest BCUT2D eigenvalue weighted by Crippen LogP contribution is -2.00. The first kappa shape index (κ1) is 7.39. The van der Waals surface area contributed by atoms with Gasteiger partial charge in [0.1, 0.15) is 20.2 Å². The molecular formula is C4H14OSi2. The van der Waals surface area contributed by atoms with Crippen LogP contribution < -0.4 is 0 Å². The third kappa shape index (κ3) is 4.24. The molecule has 0 bridgehead atoms. The Balaban J connectivity index is 2.83. The summed E-state index contributed by atoms with van der Waals surface area (Å²) in [5, 5.41) is 0. The fraction of sp³-hybridized carbons (Fsp3) is 1.00. The Hall–Kier alpha value is 0.394. The van der Waals surface area contributed by atoms with E-state index in [-0.39, 0.29) is 9.76 Å². The molecule has 0 aliphatic carbocycles. The second-order valence-electron chi connectivity index (χ2n) is 1.97. The van der Waals surface area contributed by atoms with E-state index in [1.165, 1.54) is 6.42 Å². The van der Waals surface area contributed by atoms with Crippen molar-refractivity contribution >= 4 is 20.2 Å². The van der Waals surface area contributed by atoms with Crippen molar-refractivity contribution in [3.8, 4) is 0 Å². The molecule has 1 nitrogen and oxygen atoms in total. The zero-order valence-corrected chi connectivity index (χ0v) is 8.81. The summed E-state index contributed by atoms with van der Waals surface area (Å²) in [5.74, 6) is 0. The van der Waals surface area contributed by atoms with Gasteiger partial charge < -0.3 is 4.12 Å². The van der Waals surface area contributed by atoms with Gasteiger partial charge in [-0.3, -0.25) is 0 Å². The largest absolute Gasteiger partial charge is 0.468 e. The molecule has 0 aromatic heterocycles. The molecule has 1 unspecified atom stereocenters. The summed E-state index contributed by atoms with van der Waals surface area (Å²) in [6.45, 7) is 4.49. The van der Waals surface area contributed by atoms with E-state index in [0.29, 0.717) is 0 Å². The molecule has 0 saturated carbocycles. The van der Waals surface area contributed by atoms with Gasteiger partial charge >= 0.3 is 0 Å². The van der Waals surface area contributed by atoms with Crippen molar-refractivity contribution in [1.82, 2.24) is 0 Å². The maximum absolute atomic E-state index is 5.17. The van der Waals surface area contributed by atoms with Gasteiger partial charge in [-0.05, 0) is 5.54 Å². The molecular weight excluding hydrogens is 120 g/mol. The number of hydrogen-bond donors (Lipinski definition) is 0. The maximum Gasteiger partial charge on any atom is 0.148 e. The molecule has 0 aromatic carbocycles.